The number of hydrogen-bond donors (Lipinski definition) is 1. The Kier molecular flexibility index (Phi) is 5.87. The third kappa shape index (κ3) is 4.57. The Morgan fingerprint density at radius 3 is 2.76 bits per heavy atom. The normalized spacial score (nSPS) is 10.9. The fourth-order valence-corrected chi connectivity index (χ4v) is 3.06. The number of halogens is 2. The monoisotopic (exact) mass is 421 g/mol. The fraction of sp³-hybridized carbons (Fsp3) is 0.294. The third-order valence-electron chi connectivity index (χ3n) is 4.25. The van der Waals surface area contributed by atoms with Crippen molar-refractivity contribution in [2.24, 2.45) is 0 Å². The summed E-state index contributed by atoms with van der Waals surface area (Å²) in [5.41, 5.74) is 0.880. The molecule has 1 N–H and O–H groups in total. The Morgan fingerprint density at radius 1 is 1.34 bits per heavy atom. The molecule has 3 rings (SSSR count). The second-order valence-corrected chi connectivity index (χ2v) is 6.67. The van der Waals surface area contributed by atoms with Gasteiger partial charge in [0.25, 0.3) is 0 Å². The summed E-state index contributed by atoms with van der Waals surface area (Å²) in [6.07, 6.45) is 1.37. The quantitative estimate of drug-likeness (QED) is 0.462. The molecule has 2 heterocycles. The SMILES string of the molecule is Cc1nn(CCC(=O)Nc2ncn(Cc3c(F)cccc3Cl)n2)c(C)c1[N+](=O)[O-]. The average Bonchev–Trinajstić information content (AvgIpc) is 3.20. The van der Waals surface area contributed by atoms with Crippen molar-refractivity contribution in [3.8, 4) is 0 Å². The Morgan fingerprint density at radius 2 is 2.10 bits per heavy atom. The Hall–Kier alpha value is -3.34. The van der Waals surface area contributed by atoms with Gasteiger partial charge < -0.3 is 0 Å². The number of nitrogens with zero attached hydrogens (tertiary/aromatic N) is 6. The number of nitro groups is 1. The van der Waals surface area contributed by atoms with Crippen LogP contribution in [0.15, 0.2) is 24.5 Å². The van der Waals surface area contributed by atoms with Gasteiger partial charge in [0.2, 0.25) is 11.9 Å². The molecule has 0 atom stereocenters. The first-order valence-corrected chi connectivity index (χ1v) is 8.94. The summed E-state index contributed by atoms with van der Waals surface area (Å²) < 4.78 is 16.6. The number of rotatable bonds is 7. The van der Waals surface area contributed by atoms with Crippen molar-refractivity contribution in [1.29, 1.82) is 0 Å². The topological polar surface area (TPSA) is 121 Å². The molecule has 2 aromatic heterocycles. The molecule has 0 unspecified atom stereocenters. The molecule has 0 saturated carbocycles. The smallest absolute Gasteiger partial charge is 0.293 e. The van der Waals surface area contributed by atoms with Gasteiger partial charge in [0.05, 0.1) is 18.0 Å². The summed E-state index contributed by atoms with van der Waals surface area (Å²) in [5, 5.41) is 22.0. The van der Waals surface area contributed by atoms with E-state index in [0.717, 1.165) is 0 Å². The van der Waals surface area contributed by atoms with E-state index in [2.05, 4.69) is 20.5 Å². The third-order valence-corrected chi connectivity index (χ3v) is 4.60. The molecule has 0 aliphatic heterocycles. The van der Waals surface area contributed by atoms with Crippen molar-refractivity contribution >= 4 is 29.1 Å². The number of carbonyl (C=O) groups excluding carboxylic acids is 1. The van der Waals surface area contributed by atoms with E-state index < -0.39 is 10.7 Å². The van der Waals surface area contributed by atoms with Crippen LogP contribution in [0.25, 0.3) is 0 Å². The maximum atomic E-state index is 13.9. The van der Waals surface area contributed by atoms with Gasteiger partial charge in [-0.2, -0.15) is 5.10 Å². The summed E-state index contributed by atoms with van der Waals surface area (Å²) in [7, 11) is 0. The summed E-state index contributed by atoms with van der Waals surface area (Å²) in [6, 6.07) is 4.37. The molecule has 1 amide bonds. The molecule has 3 aromatic rings. The molecule has 0 aliphatic rings. The van der Waals surface area contributed by atoms with Gasteiger partial charge in [-0.05, 0) is 26.0 Å². The van der Waals surface area contributed by atoms with Crippen molar-refractivity contribution < 1.29 is 14.1 Å². The van der Waals surface area contributed by atoms with Gasteiger partial charge in [-0.1, -0.05) is 17.7 Å². The molecule has 10 nitrogen and oxygen atoms in total. The second-order valence-electron chi connectivity index (χ2n) is 6.26. The second kappa shape index (κ2) is 8.35. The van der Waals surface area contributed by atoms with Crippen LogP contribution < -0.4 is 5.32 Å². The zero-order valence-corrected chi connectivity index (χ0v) is 16.4. The lowest BCUT2D eigenvalue weighted by Gasteiger charge is -2.05. The summed E-state index contributed by atoms with van der Waals surface area (Å²) in [5.74, 6) is -0.791. The minimum absolute atomic E-state index is 0.0206. The van der Waals surface area contributed by atoms with Crippen LogP contribution in [-0.4, -0.2) is 35.4 Å². The highest BCUT2D eigenvalue weighted by Crippen LogP contribution is 2.22. The lowest BCUT2D eigenvalue weighted by molar-refractivity contribution is -0.386. The molecular weight excluding hydrogens is 405 g/mol. The van der Waals surface area contributed by atoms with Gasteiger partial charge in [0.15, 0.2) is 0 Å². The number of carbonyl (C=O) groups is 1. The van der Waals surface area contributed by atoms with Crippen LogP contribution in [0.4, 0.5) is 16.0 Å². The van der Waals surface area contributed by atoms with Gasteiger partial charge in [-0.3, -0.25) is 24.9 Å². The van der Waals surface area contributed by atoms with Crippen LogP contribution in [0, 0.1) is 29.8 Å². The van der Waals surface area contributed by atoms with E-state index in [1.54, 1.807) is 19.9 Å². The Labute approximate surface area is 169 Å². The molecule has 12 heteroatoms. The van der Waals surface area contributed by atoms with Crippen molar-refractivity contribution in [2.75, 3.05) is 5.32 Å². The Bertz CT molecular complexity index is 1060. The van der Waals surface area contributed by atoms with Crippen LogP contribution in [0.3, 0.4) is 0 Å². The van der Waals surface area contributed by atoms with Crippen LogP contribution in [0.5, 0.6) is 0 Å². The number of aryl methyl sites for hydroxylation is 2. The molecule has 0 fully saturated rings. The predicted octanol–water partition coefficient (Wildman–Crippen LogP) is 2.87. The van der Waals surface area contributed by atoms with E-state index >= 15 is 0 Å². The maximum absolute atomic E-state index is 13.9. The van der Waals surface area contributed by atoms with Crippen LogP contribution in [0.1, 0.15) is 23.4 Å². The van der Waals surface area contributed by atoms with E-state index in [-0.39, 0.29) is 47.6 Å². The van der Waals surface area contributed by atoms with E-state index in [1.807, 2.05) is 0 Å². The predicted molar refractivity (Wildman–Crippen MR) is 102 cm³/mol. The number of anilines is 1. The molecular formula is C17H17ClFN7O3. The molecule has 0 saturated heterocycles. The molecule has 0 spiro atoms. The number of benzene rings is 1. The Balaban J connectivity index is 1.60. The lowest BCUT2D eigenvalue weighted by Crippen LogP contribution is -2.16. The van der Waals surface area contributed by atoms with Gasteiger partial charge in [0, 0.05) is 17.0 Å². The lowest BCUT2D eigenvalue weighted by atomic mass is 10.2. The zero-order valence-electron chi connectivity index (χ0n) is 15.6. The molecule has 1 aromatic carbocycles. The standard InChI is InChI=1S/C17H17ClFN7O3/c1-10-16(26(28)29)11(2)25(22-10)7-6-15(27)21-17-20-9-24(23-17)8-12-13(18)4-3-5-14(12)19/h3-5,9H,6-8H2,1-2H3,(H,21,23,27). The highest BCUT2D eigenvalue weighted by molar-refractivity contribution is 6.31. The van der Waals surface area contributed by atoms with Gasteiger partial charge >= 0.3 is 5.69 Å². The first-order valence-electron chi connectivity index (χ1n) is 8.57. The molecule has 0 radical (unpaired) electrons. The molecule has 29 heavy (non-hydrogen) atoms. The van der Waals surface area contributed by atoms with E-state index in [1.165, 1.54) is 27.8 Å². The van der Waals surface area contributed by atoms with Crippen LogP contribution in [-0.2, 0) is 17.9 Å². The largest absolute Gasteiger partial charge is 0.312 e. The van der Waals surface area contributed by atoms with Gasteiger partial charge in [-0.15, -0.1) is 5.10 Å². The van der Waals surface area contributed by atoms with Crippen LogP contribution >= 0.6 is 11.6 Å². The minimum Gasteiger partial charge on any atom is -0.293 e. The number of amides is 1. The first kappa shape index (κ1) is 20.4. The van der Waals surface area contributed by atoms with E-state index in [9.17, 15) is 19.3 Å². The van der Waals surface area contributed by atoms with Gasteiger partial charge in [-0.25, -0.2) is 14.1 Å². The highest BCUT2D eigenvalue weighted by Gasteiger charge is 2.22. The number of hydrogen-bond acceptors (Lipinski definition) is 6. The van der Waals surface area contributed by atoms with E-state index in [4.69, 9.17) is 11.6 Å². The van der Waals surface area contributed by atoms with Crippen molar-refractivity contribution in [3.63, 3.8) is 0 Å². The molecule has 152 valence electrons. The molecule has 0 aliphatic carbocycles. The highest BCUT2D eigenvalue weighted by atomic mass is 35.5. The number of aromatic nitrogens is 5. The average molecular weight is 422 g/mol. The van der Waals surface area contributed by atoms with Gasteiger partial charge in [0.1, 0.15) is 23.5 Å². The van der Waals surface area contributed by atoms with Crippen LogP contribution in [0.2, 0.25) is 5.02 Å². The van der Waals surface area contributed by atoms with E-state index in [0.29, 0.717) is 11.4 Å². The van der Waals surface area contributed by atoms with Crippen molar-refractivity contribution in [2.45, 2.75) is 33.4 Å². The van der Waals surface area contributed by atoms with Crippen molar-refractivity contribution in [1.82, 2.24) is 24.5 Å². The summed E-state index contributed by atoms with van der Waals surface area (Å²) >= 11 is 5.99. The maximum Gasteiger partial charge on any atom is 0.312 e. The molecule has 0 bridgehead atoms. The number of nitrogens with one attached hydrogen (secondary N) is 1. The summed E-state index contributed by atoms with van der Waals surface area (Å²) in [4.78, 5) is 26.6. The first-order chi connectivity index (χ1) is 13.8. The fourth-order valence-electron chi connectivity index (χ4n) is 2.84. The van der Waals surface area contributed by atoms with Crippen molar-refractivity contribution in [3.05, 3.63) is 62.4 Å². The summed E-state index contributed by atoms with van der Waals surface area (Å²) in [6.45, 7) is 3.34. The zero-order chi connectivity index (χ0) is 21.1. The minimum atomic E-state index is -0.493.